The summed E-state index contributed by atoms with van der Waals surface area (Å²) < 4.78 is 13.5. The van der Waals surface area contributed by atoms with E-state index in [1.165, 1.54) is 18.0 Å². The first kappa shape index (κ1) is 18.7. The molecule has 0 bridgehead atoms. The van der Waals surface area contributed by atoms with Gasteiger partial charge in [-0.15, -0.1) is 11.3 Å². The van der Waals surface area contributed by atoms with E-state index in [1.807, 2.05) is 18.2 Å². The molecule has 0 spiro atoms. The summed E-state index contributed by atoms with van der Waals surface area (Å²) in [5.74, 6) is 0.204. The number of anilines is 2. The molecule has 5 aromatic rings. The minimum Gasteiger partial charge on any atom is -0.340 e. The minimum absolute atomic E-state index is 0.0624. The normalized spacial score (nSPS) is 11.0. The molecule has 0 saturated carbocycles. The molecule has 0 radical (unpaired) electrons. The van der Waals surface area contributed by atoms with Gasteiger partial charge in [-0.1, -0.05) is 66.2 Å². The third kappa shape index (κ3) is 3.54. The highest BCUT2D eigenvalue weighted by atomic mass is 35.5. The molecule has 0 aliphatic heterocycles. The highest BCUT2D eigenvalue weighted by Crippen LogP contribution is 2.38. The van der Waals surface area contributed by atoms with E-state index in [-0.39, 0.29) is 5.02 Å². The number of benzene rings is 3. The summed E-state index contributed by atoms with van der Waals surface area (Å²) in [6, 6.07) is 23.2. The topological polar surface area (TPSA) is 37.8 Å². The van der Waals surface area contributed by atoms with Crippen molar-refractivity contribution in [2.24, 2.45) is 0 Å². The average molecular weight is 432 g/mol. The summed E-state index contributed by atoms with van der Waals surface area (Å²) in [6.07, 6.45) is 1.52. The summed E-state index contributed by atoms with van der Waals surface area (Å²) in [5, 5.41) is 6.32. The molecule has 0 aliphatic carbocycles. The van der Waals surface area contributed by atoms with Crippen LogP contribution in [-0.2, 0) is 0 Å². The Balaban J connectivity index is 1.55. The summed E-state index contributed by atoms with van der Waals surface area (Å²) in [7, 11) is 0. The number of hydrogen-bond donors (Lipinski definition) is 1. The van der Waals surface area contributed by atoms with Crippen LogP contribution in [0.25, 0.3) is 32.5 Å². The van der Waals surface area contributed by atoms with Crippen molar-refractivity contribution in [2.75, 3.05) is 5.32 Å². The van der Waals surface area contributed by atoms with E-state index in [0.717, 1.165) is 26.9 Å². The molecule has 0 unspecified atom stereocenters. The third-order valence-electron chi connectivity index (χ3n) is 4.86. The zero-order valence-corrected chi connectivity index (χ0v) is 17.2. The molecule has 1 N–H and O–H groups in total. The lowest BCUT2D eigenvalue weighted by Gasteiger charge is -2.09. The molecule has 3 nitrogen and oxygen atoms in total. The fourth-order valence-electron chi connectivity index (χ4n) is 3.37. The van der Waals surface area contributed by atoms with Crippen LogP contribution in [-0.4, -0.2) is 9.97 Å². The second-order valence-corrected chi connectivity index (χ2v) is 8.01. The van der Waals surface area contributed by atoms with Gasteiger partial charge in [0.25, 0.3) is 0 Å². The number of fused-ring (bicyclic) bond motifs is 1. The van der Waals surface area contributed by atoms with E-state index in [4.69, 9.17) is 11.6 Å². The molecule has 0 amide bonds. The zero-order valence-electron chi connectivity index (χ0n) is 15.6. The number of rotatable bonds is 4. The largest absolute Gasteiger partial charge is 0.340 e. The summed E-state index contributed by atoms with van der Waals surface area (Å²) >= 11 is 7.49. The number of aromatic nitrogens is 2. The highest BCUT2D eigenvalue weighted by molar-refractivity contribution is 7.17. The monoisotopic (exact) mass is 431 g/mol. The maximum absolute atomic E-state index is 13.5. The molecule has 146 valence electrons. The van der Waals surface area contributed by atoms with Gasteiger partial charge < -0.3 is 5.32 Å². The van der Waals surface area contributed by atoms with Crippen LogP contribution < -0.4 is 5.32 Å². The third-order valence-corrected chi connectivity index (χ3v) is 6.03. The Morgan fingerprint density at radius 2 is 1.57 bits per heavy atom. The van der Waals surface area contributed by atoms with Crippen LogP contribution in [0.1, 0.15) is 0 Å². The Labute approximate surface area is 181 Å². The van der Waals surface area contributed by atoms with Crippen molar-refractivity contribution >= 4 is 44.7 Å². The molecule has 0 fully saturated rings. The fraction of sp³-hybridized carbons (Fsp3) is 0. The van der Waals surface area contributed by atoms with E-state index < -0.39 is 5.82 Å². The molecule has 30 heavy (non-hydrogen) atoms. The lowest BCUT2D eigenvalue weighted by Crippen LogP contribution is -1.96. The summed E-state index contributed by atoms with van der Waals surface area (Å²) in [5.41, 5.74) is 5.13. The molecule has 6 heteroatoms. The van der Waals surface area contributed by atoms with Gasteiger partial charge in [0, 0.05) is 16.6 Å². The van der Waals surface area contributed by atoms with Crippen LogP contribution >= 0.6 is 22.9 Å². The van der Waals surface area contributed by atoms with E-state index in [2.05, 4.69) is 57.1 Å². The summed E-state index contributed by atoms with van der Waals surface area (Å²) in [6.45, 7) is 0. The van der Waals surface area contributed by atoms with Crippen LogP contribution in [0.15, 0.2) is 84.5 Å². The van der Waals surface area contributed by atoms with E-state index >= 15 is 0 Å². The van der Waals surface area contributed by atoms with Crippen LogP contribution in [0.2, 0.25) is 5.02 Å². The Hall–Kier alpha value is -3.28. The van der Waals surface area contributed by atoms with E-state index in [0.29, 0.717) is 11.5 Å². The Morgan fingerprint density at radius 1 is 0.833 bits per heavy atom. The van der Waals surface area contributed by atoms with Gasteiger partial charge >= 0.3 is 0 Å². The fourth-order valence-corrected chi connectivity index (χ4v) is 4.46. The quantitative estimate of drug-likeness (QED) is 0.319. The van der Waals surface area contributed by atoms with Crippen molar-refractivity contribution in [1.82, 2.24) is 9.97 Å². The Morgan fingerprint density at radius 3 is 2.33 bits per heavy atom. The molecule has 2 aromatic heterocycles. The lowest BCUT2D eigenvalue weighted by molar-refractivity contribution is 0.628. The van der Waals surface area contributed by atoms with Crippen molar-refractivity contribution in [3.8, 4) is 22.3 Å². The van der Waals surface area contributed by atoms with Gasteiger partial charge in [0.05, 0.1) is 10.4 Å². The second kappa shape index (κ2) is 7.86. The molecule has 0 aliphatic rings. The number of thiophene rings is 1. The smallest absolute Gasteiger partial charge is 0.143 e. The highest BCUT2D eigenvalue weighted by Gasteiger charge is 2.14. The number of nitrogens with zero attached hydrogens (tertiary/aromatic N) is 2. The predicted molar refractivity (Wildman–Crippen MR) is 123 cm³/mol. The molecule has 0 saturated heterocycles. The molecule has 5 rings (SSSR count). The number of hydrogen-bond acceptors (Lipinski definition) is 4. The Bertz CT molecular complexity index is 1330. The molecular formula is C24H15ClFN3S. The molecule has 3 aromatic carbocycles. The maximum atomic E-state index is 13.5. The maximum Gasteiger partial charge on any atom is 0.143 e. The van der Waals surface area contributed by atoms with Gasteiger partial charge in [-0.3, -0.25) is 0 Å². The van der Waals surface area contributed by atoms with Gasteiger partial charge in [-0.05, 0) is 34.9 Å². The van der Waals surface area contributed by atoms with Crippen LogP contribution in [0.5, 0.6) is 0 Å². The first-order valence-electron chi connectivity index (χ1n) is 9.29. The standard InChI is InChI=1S/C24H15ClFN3S/c25-20-12-18(10-11-21(20)26)29-23-22-19(13-30-24(22)28-14-27-23)17-8-6-16(7-9-17)15-4-2-1-3-5-15/h1-14H,(H,27,28,29). The predicted octanol–water partition coefficient (Wildman–Crippen LogP) is 7.56. The van der Waals surface area contributed by atoms with Crippen molar-refractivity contribution in [3.05, 3.63) is 95.3 Å². The van der Waals surface area contributed by atoms with Gasteiger partial charge in [0.1, 0.15) is 22.8 Å². The van der Waals surface area contributed by atoms with Gasteiger partial charge in [-0.2, -0.15) is 0 Å². The minimum atomic E-state index is -0.454. The zero-order chi connectivity index (χ0) is 20.5. The summed E-state index contributed by atoms with van der Waals surface area (Å²) in [4.78, 5) is 9.71. The van der Waals surface area contributed by atoms with Crippen molar-refractivity contribution in [3.63, 3.8) is 0 Å². The van der Waals surface area contributed by atoms with Crippen molar-refractivity contribution < 1.29 is 4.39 Å². The van der Waals surface area contributed by atoms with E-state index in [1.54, 1.807) is 23.5 Å². The molecule has 0 atom stereocenters. The lowest BCUT2D eigenvalue weighted by atomic mass is 10.0. The SMILES string of the molecule is Fc1ccc(Nc2ncnc3scc(-c4ccc(-c5ccccc5)cc4)c23)cc1Cl. The number of nitrogens with one attached hydrogen (secondary N) is 1. The molecular weight excluding hydrogens is 417 g/mol. The second-order valence-electron chi connectivity index (χ2n) is 6.75. The van der Waals surface area contributed by atoms with Crippen LogP contribution in [0.3, 0.4) is 0 Å². The first-order chi connectivity index (χ1) is 14.7. The van der Waals surface area contributed by atoms with Crippen molar-refractivity contribution in [1.29, 1.82) is 0 Å². The number of halogens is 2. The average Bonchev–Trinajstić information content (AvgIpc) is 3.22. The molecule has 2 heterocycles. The first-order valence-corrected chi connectivity index (χ1v) is 10.5. The van der Waals surface area contributed by atoms with Gasteiger partial charge in [0.15, 0.2) is 0 Å². The van der Waals surface area contributed by atoms with Crippen LogP contribution in [0.4, 0.5) is 15.9 Å². The van der Waals surface area contributed by atoms with Gasteiger partial charge in [0.2, 0.25) is 0 Å². The van der Waals surface area contributed by atoms with Crippen molar-refractivity contribution in [2.45, 2.75) is 0 Å². The van der Waals surface area contributed by atoms with Gasteiger partial charge in [-0.25, -0.2) is 14.4 Å². The van der Waals surface area contributed by atoms with Crippen LogP contribution in [0, 0.1) is 5.82 Å². The van der Waals surface area contributed by atoms with E-state index in [9.17, 15) is 4.39 Å². The Kier molecular flexibility index (Phi) is 4.91.